The number of aromatic nitrogens is 8. The summed E-state index contributed by atoms with van der Waals surface area (Å²) >= 11 is 9.32. The second-order valence-corrected chi connectivity index (χ2v) is 16.0. The molecule has 3 aliphatic rings. The van der Waals surface area contributed by atoms with Gasteiger partial charge in [0.05, 0.1) is 25.9 Å². The van der Waals surface area contributed by atoms with E-state index in [4.69, 9.17) is 45.1 Å². The van der Waals surface area contributed by atoms with Crippen LogP contribution in [0.4, 0.5) is 5.82 Å². The molecule has 242 valence electrons. The Morgan fingerprint density at radius 1 is 0.978 bits per heavy atom. The molecule has 10 atom stereocenters. The SMILES string of the molecule is Cc1nc2c(ncn2[C@@H]2O[C@@H]3COP(O)(=S)O[C@H]4[C@@H](O)[C@H](n5cnc6c(N)ncnc65)O[C@@H]4COP(=O)(S)O[C@@H]2[C@@H]3O)c(=O)[nH]1. The van der Waals surface area contributed by atoms with Gasteiger partial charge in [0.2, 0.25) is 0 Å². The molecule has 6 N–H and O–H groups in total. The van der Waals surface area contributed by atoms with Gasteiger partial charge < -0.3 is 39.8 Å². The van der Waals surface area contributed by atoms with Crippen LogP contribution >= 0.6 is 25.8 Å². The fourth-order valence-electron chi connectivity index (χ4n) is 5.39. The Hall–Kier alpha value is -2.43. The summed E-state index contributed by atoms with van der Waals surface area (Å²) in [5.41, 5.74) is 5.93. The number of nitrogens with one attached hydrogen (secondary N) is 1. The van der Waals surface area contributed by atoms with Crippen LogP contribution in [0.5, 0.6) is 0 Å². The van der Waals surface area contributed by atoms with Crippen molar-refractivity contribution in [1.29, 1.82) is 0 Å². The number of anilines is 1. The third-order valence-electron chi connectivity index (χ3n) is 7.42. The highest BCUT2D eigenvalue weighted by molar-refractivity contribution is 8.44. The molecule has 3 aliphatic heterocycles. The minimum atomic E-state index is -4.34. The van der Waals surface area contributed by atoms with Gasteiger partial charge in [-0.2, -0.15) is 0 Å². The molecule has 45 heavy (non-hydrogen) atoms. The predicted octanol–water partition coefficient (Wildman–Crippen LogP) is -0.561. The maximum atomic E-state index is 13.6. The number of rotatable bonds is 2. The lowest BCUT2D eigenvalue weighted by Gasteiger charge is -2.27. The summed E-state index contributed by atoms with van der Waals surface area (Å²) in [4.78, 5) is 46.6. The molecule has 0 saturated carbocycles. The van der Waals surface area contributed by atoms with Gasteiger partial charge in [-0.1, -0.05) is 12.2 Å². The monoisotopic (exact) mass is 705 g/mol. The molecule has 2 bridgehead atoms. The molecule has 4 aromatic heterocycles. The first-order chi connectivity index (χ1) is 21.3. The molecule has 3 saturated heterocycles. The number of imidazole rings is 2. The van der Waals surface area contributed by atoms with Gasteiger partial charge in [0, 0.05) is 0 Å². The minimum Gasteiger partial charge on any atom is -0.387 e. The van der Waals surface area contributed by atoms with Crippen LogP contribution in [0.15, 0.2) is 23.8 Å². The maximum absolute atomic E-state index is 13.6. The number of hydrogen-bond donors (Lipinski definition) is 6. The standard InChI is InChI=1S/C21H25N9O11P2S2/c1-7-27-18-11(19(33)28-7)26-6-30(18)21-15-12(31)8(38-21)2-36-42(34,44)40-14-9(3-37-43(35,45)41-15)39-20(13(14)32)29-5-25-10-16(22)23-4-24-17(10)29/h4-6,8-9,12-15,20-21,31-32H,2-3H2,1H3,(H,34,44)(H,35,45)(H2,22,23,24)(H,27,28,33)/t8-,9-,12-,13-,14-,15-,20-,21-,42?,43?/m1/s1. The zero-order valence-corrected chi connectivity index (χ0v) is 26.3. The highest BCUT2D eigenvalue weighted by atomic mass is 32.7. The number of fused-ring (bicyclic) bond motifs is 5. The summed E-state index contributed by atoms with van der Waals surface area (Å²) in [7, 11) is 0. The van der Waals surface area contributed by atoms with Crippen molar-refractivity contribution in [3.05, 3.63) is 35.2 Å². The van der Waals surface area contributed by atoms with E-state index in [0.29, 0.717) is 0 Å². The van der Waals surface area contributed by atoms with E-state index in [0.717, 1.165) is 0 Å². The summed E-state index contributed by atoms with van der Waals surface area (Å²) in [5, 5.41) is 22.4. The van der Waals surface area contributed by atoms with E-state index in [2.05, 4.69) is 42.2 Å². The summed E-state index contributed by atoms with van der Waals surface area (Å²) in [6.07, 6.45) is -6.99. The fourth-order valence-corrected chi connectivity index (χ4v) is 8.29. The number of aliphatic hydroxyl groups excluding tert-OH is 2. The molecular formula is C21H25N9O11P2S2. The molecule has 0 aromatic carbocycles. The second-order valence-electron chi connectivity index (χ2n) is 10.3. The first-order valence-corrected chi connectivity index (χ1v) is 18.5. The molecule has 3 fully saturated rings. The lowest BCUT2D eigenvalue weighted by atomic mass is 10.1. The Morgan fingerprint density at radius 3 is 2.44 bits per heavy atom. The normalized spacial score (nSPS) is 37.7. The minimum absolute atomic E-state index is 0.0199. The molecule has 20 nitrogen and oxygen atoms in total. The van der Waals surface area contributed by atoms with Gasteiger partial charge in [0.25, 0.3) is 5.56 Å². The van der Waals surface area contributed by atoms with Crippen LogP contribution in [0.2, 0.25) is 0 Å². The molecular weight excluding hydrogens is 680 g/mol. The summed E-state index contributed by atoms with van der Waals surface area (Å²) < 4.78 is 50.7. The molecule has 0 amide bonds. The van der Waals surface area contributed by atoms with Crippen LogP contribution < -0.4 is 11.3 Å². The zero-order valence-electron chi connectivity index (χ0n) is 22.8. The largest absolute Gasteiger partial charge is 0.387 e. The molecule has 0 spiro atoms. The number of ether oxygens (including phenoxy) is 2. The van der Waals surface area contributed by atoms with E-state index in [1.165, 1.54) is 28.1 Å². The van der Waals surface area contributed by atoms with Crippen molar-refractivity contribution in [3.63, 3.8) is 0 Å². The van der Waals surface area contributed by atoms with Crippen molar-refractivity contribution in [2.75, 3.05) is 18.9 Å². The number of H-pyrrole nitrogens is 1. The van der Waals surface area contributed by atoms with Crippen LogP contribution in [0, 0.1) is 6.92 Å². The number of aromatic amines is 1. The molecule has 4 aromatic rings. The Bertz CT molecular complexity index is 1940. The Balaban J connectivity index is 1.21. The van der Waals surface area contributed by atoms with E-state index >= 15 is 0 Å². The van der Waals surface area contributed by atoms with Gasteiger partial charge in [-0.25, -0.2) is 29.5 Å². The van der Waals surface area contributed by atoms with Crippen molar-refractivity contribution >= 4 is 65.7 Å². The number of nitrogen functional groups attached to an aromatic ring is 1. The van der Waals surface area contributed by atoms with E-state index in [-0.39, 0.29) is 34.0 Å². The average Bonchev–Trinajstić information content (AvgIpc) is 3.72. The number of nitrogens with zero attached hydrogens (tertiary/aromatic N) is 7. The second kappa shape index (κ2) is 11.4. The van der Waals surface area contributed by atoms with E-state index in [1.54, 1.807) is 6.92 Å². The van der Waals surface area contributed by atoms with E-state index in [9.17, 15) is 24.5 Å². The van der Waals surface area contributed by atoms with Gasteiger partial charge in [-0.05, 0) is 18.7 Å². The van der Waals surface area contributed by atoms with Crippen LogP contribution in [0.3, 0.4) is 0 Å². The van der Waals surface area contributed by atoms with Gasteiger partial charge in [0.15, 0.2) is 35.1 Å². The highest BCUT2D eigenvalue weighted by Gasteiger charge is 2.53. The highest BCUT2D eigenvalue weighted by Crippen LogP contribution is 2.58. The molecule has 0 aliphatic carbocycles. The molecule has 7 rings (SSSR count). The van der Waals surface area contributed by atoms with Crippen LogP contribution in [0.25, 0.3) is 22.3 Å². The van der Waals surface area contributed by atoms with Crippen LogP contribution in [0.1, 0.15) is 18.3 Å². The van der Waals surface area contributed by atoms with E-state index < -0.39 is 81.4 Å². The summed E-state index contributed by atoms with van der Waals surface area (Å²) in [6.45, 7) is -8.03. The van der Waals surface area contributed by atoms with E-state index in [1.807, 2.05) is 0 Å². The summed E-state index contributed by atoms with van der Waals surface area (Å²) in [6, 6.07) is 0. The molecule has 7 heterocycles. The van der Waals surface area contributed by atoms with Crippen molar-refractivity contribution in [2.24, 2.45) is 0 Å². The van der Waals surface area contributed by atoms with Crippen LogP contribution in [-0.2, 0) is 43.9 Å². The lowest BCUT2D eigenvalue weighted by molar-refractivity contribution is -0.0588. The van der Waals surface area contributed by atoms with Crippen LogP contribution in [-0.4, -0.2) is 104 Å². The molecule has 2 unspecified atom stereocenters. The smallest absolute Gasteiger partial charge is 0.386 e. The number of thiol groups is 1. The number of hydrogen-bond acceptors (Lipinski definition) is 17. The van der Waals surface area contributed by atoms with Crippen molar-refractivity contribution in [3.8, 4) is 0 Å². The topological polar surface area (TPSA) is 266 Å². The maximum Gasteiger partial charge on any atom is 0.386 e. The average molecular weight is 706 g/mol. The van der Waals surface area contributed by atoms with Gasteiger partial charge >= 0.3 is 13.5 Å². The quantitative estimate of drug-likeness (QED) is 0.113. The number of aryl methyl sites for hydroxylation is 1. The van der Waals surface area contributed by atoms with Gasteiger partial charge in [-0.3, -0.25) is 27.5 Å². The van der Waals surface area contributed by atoms with Crippen molar-refractivity contribution < 1.29 is 47.2 Å². The molecule has 24 heteroatoms. The first kappa shape index (κ1) is 31.2. The first-order valence-electron chi connectivity index (χ1n) is 13.2. The zero-order chi connectivity index (χ0) is 31.8. The fraction of sp³-hybridized carbons (Fsp3) is 0.524. The Labute approximate surface area is 261 Å². The van der Waals surface area contributed by atoms with Crippen molar-refractivity contribution in [2.45, 2.75) is 56.0 Å². The predicted molar refractivity (Wildman–Crippen MR) is 157 cm³/mol. The lowest BCUT2D eigenvalue weighted by Crippen LogP contribution is -2.36. The van der Waals surface area contributed by atoms with Gasteiger partial charge in [0.1, 0.15) is 54.3 Å². The third kappa shape index (κ3) is 5.63. The number of aliphatic hydroxyl groups is 2. The van der Waals surface area contributed by atoms with Crippen molar-refractivity contribution in [1.82, 2.24) is 39.0 Å². The number of nitrogens with two attached hydrogens (primary N) is 1. The Morgan fingerprint density at radius 2 is 1.67 bits per heavy atom. The summed E-state index contributed by atoms with van der Waals surface area (Å²) in [5.74, 6) is 0.374. The van der Waals surface area contributed by atoms with Gasteiger partial charge in [-0.15, -0.1) is 0 Å². The third-order valence-corrected chi connectivity index (χ3v) is 10.6. The molecule has 0 radical (unpaired) electrons. The Kier molecular flexibility index (Phi) is 7.88.